The third-order valence-corrected chi connectivity index (χ3v) is 6.99. The molecule has 0 aliphatic carbocycles. The zero-order valence-corrected chi connectivity index (χ0v) is 16.9. The van der Waals surface area contributed by atoms with E-state index in [4.69, 9.17) is 13.3 Å². The summed E-state index contributed by atoms with van der Waals surface area (Å²) in [7, 11) is -0.635. The second kappa shape index (κ2) is 8.32. The molecule has 0 saturated heterocycles. The Balaban J connectivity index is 3.55. The molecule has 32 heavy (non-hydrogen) atoms. The Bertz CT molecular complexity index is 780. The van der Waals surface area contributed by atoms with E-state index in [0.717, 1.165) is 21.3 Å². The van der Waals surface area contributed by atoms with Crippen molar-refractivity contribution in [3.05, 3.63) is 29.8 Å². The Kier molecular flexibility index (Phi) is 7.39. The molecule has 17 heteroatoms. The summed E-state index contributed by atoms with van der Waals surface area (Å²) in [6.45, 7) is 0. The van der Waals surface area contributed by atoms with E-state index in [2.05, 4.69) is 0 Å². The predicted molar refractivity (Wildman–Crippen MR) is 82.6 cm³/mol. The fraction of sp³-hybridized carbons (Fsp3) is 0.600. The quantitative estimate of drug-likeness (QED) is 0.343. The van der Waals surface area contributed by atoms with Crippen LogP contribution >= 0.6 is 0 Å². The van der Waals surface area contributed by atoms with Gasteiger partial charge in [0.25, 0.3) is 0 Å². The zero-order valence-electron chi connectivity index (χ0n) is 15.9. The highest BCUT2D eigenvalue weighted by atomic mass is 28.4. The summed E-state index contributed by atoms with van der Waals surface area (Å²) < 4.78 is 187. The smallest absolute Gasteiger partial charge is 0.373 e. The highest BCUT2D eigenvalue weighted by molar-refractivity contribution is 6.75. The van der Waals surface area contributed by atoms with Crippen molar-refractivity contribution in [2.45, 2.75) is 35.8 Å². The molecule has 0 fully saturated rings. The van der Waals surface area contributed by atoms with Crippen molar-refractivity contribution < 1.29 is 70.4 Å². The van der Waals surface area contributed by atoms with Gasteiger partial charge in [-0.3, -0.25) is 0 Å². The fourth-order valence-corrected chi connectivity index (χ4v) is 4.22. The Morgan fingerprint density at radius 1 is 0.531 bits per heavy atom. The Hall–Kier alpha value is -1.59. The Labute approximate surface area is 172 Å². The number of benzene rings is 1. The minimum atomic E-state index is -7.95. The van der Waals surface area contributed by atoms with Crippen LogP contribution < -0.4 is 5.19 Å². The molecule has 0 unspecified atom stereocenters. The van der Waals surface area contributed by atoms with E-state index in [1.165, 1.54) is 0 Å². The molecular weight excluding hydrogens is 503 g/mol. The molecule has 0 aliphatic rings. The normalized spacial score (nSPS) is 15.2. The number of alkyl halides is 13. The van der Waals surface area contributed by atoms with Crippen LogP contribution in [-0.4, -0.2) is 60.0 Å². The minimum absolute atomic E-state index is 0.0121. The van der Waals surface area contributed by atoms with Crippen LogP contribution in [0.15, 0.2) is 24.3 Å². The molecule has 0 N–H and O–H groups in total. The molecule has 0 saturated carbocycles. The van der Waals surface area contributed by atoms with E-state index in [9.17, 15) is 57.1 Å². The summed E-state index contributed by atoms with van der Waals surface area (Å²) in [6.07, 6.45) is -7.46. The molecule has 1 aromatic rings. The van der Waals surface area contributed by atoms with Crippen LogP contribution in [0.3, 0.4) is 0 Å². The summed E-state index contributed by atoms with van der Waals surface area (Å²) in [5, 5.41) is -0.200. The van der Waals surface area contributed by atoms with Gasteiger partial charge in [0.2, 0.25) is 0 Å². The van der Waals surface area contributed by atoms with Gasteiger partial charge in [0.15, 0.2) is 0 Å². The molecule has 1 rings (SSSR count). The van der Waals surface area contributed by atoms with Crippen LogP contribution in [0.25, 0.3) is 0 Å². The third kappa shape index (κ3) is 3.85. The monoisotopic (exact) mass is 516 g/mol. The highest BCUT2D eigenvalue weighted by Crippen LogP contribution is 2.61. The minimum Gasteiger partial charge on any atom is -0.373 e. The lowest BCUT2D eigenvalue weighted by Crippen LogP contribution is -2.69. The molecule has 0 spiro atoms. The van der Waals surface area contributed by atoms with Gasteiger partial charge in [-0.15, -0.1) is 0 Å². The number of halogens is 13. The summed E-state index contributed by atoms with van der Waals surface area (Å²) >= 11 is 0. The number of hydrogen-bond acceptors (Lipinski definition) is 3. The van der Waals surface area contributed by atoms with Gasteiger partial charge in [0.05, 0.1) is 0 Å². The standard InChI is InChI=1S/C15H13F13O3Si/c1-29-32(30-2,31-3)9-6-4-8(5-7-9)10(16,17)11(18,19)12(20,21)13(22,23)14(24,25)15(26,27)28/h4-7H,1-3H3. The first kappa shape index (κ1) is 28.4. The van der Waals surface area contributed by atoms with Crippen molar-refractivity contribution in [2.24, 2.45) is 0 Å². The van der Waals surface area contributed by atoms with Gasteiger partial charge in [-0.2, -0.15) is 57.1 Å². The van der Waals surface area contributed by atoms with Crippen molar-refractivity contribution in [2.75, 3.05) is 21.3 Å². The van der Waals surface area contributed by atoms with E-state index >= 15 is 0 Å². The molecule has 186 valence electrons. The lowest BCUT2D eigenvalue weighted by molar-refractivity contribution is -0.441. The fourth-order valence-electron chi connectivity index (χ4n) is 2.44. The van der Waals surface area contributed by atoms with Gasteiger partial charge < -0.3 is 13.3 Å². The van der Waals surface area contributed by atoms with Crippen molar-refractivity contribution in [3.8, 4) is 0 Å². The maximum absolute atomic E-state index is 14.1. The SMILES string of the molecule is CO[Si](OC)(OC)c1ccc(C(F)(F)C(F)(F)C(F)(F)C(F)(F)C(F)(F)C(F)(F)F)cc1. The average Bonchev–Trinajstić information content (AvgIpc) is 2.68. The van der Waals surface area contributed by atoms with Crippen LogP contribution in [-0.2, 0) is 19.2 Å². The molecule has 0 bridgehead atoms. The van der Waals surface area contributed by atoms with Crippen LogP contribution in [0.5, 0.6) is 0 Å². The van der Waals surface area contributed by atoms with Crippen LogP contribution in [0.2, 0.25) is 0 Å². The summed E-state index contributed by atoms with van der Waals surface area (Å²) in [4.78, 5) is 0. The molecule has 0 aromatic heterocycles. The Morgan fingerprint density at radius 2 is 0.875 bits per heavy atom. The molecule has 0 aliphatic heterocycles. The first-order chi connectivity index (χ1) is 14.1. The Morgan fingerprint density at radius 3 is 1.19 bits per heavy atom. The van der Waals surface area contributed by atoms with Crippen molar-refractivity contribution in [1.82, 2.24) is 0 Å². The third-order valence-electron chi connectivity index (χ3n) is 4.34. The van der Waals surface area contributed by atoms with Gasteiger partial charge >= 0.3 is 44.6 Å². The van der Waals surface area contributed by atoms with E-state index in [-0.39, 0.29) is 17.3 Å². The van der Waals surface area contributed by atoms with Gasteiger partial charge in [-0.25, -0.2) is 0 Å². The zero-order chi connectivity index (χ0) is 25.6. The van der Waals surface area contributed by atoms with Crippen molar-refractivity contribution >= 4 is 14.0 Å². The summed E-state index contributed by atoms with van der Waals surface area (Å²) in [5.74, 6) is -37.3. The van der Waals surface area contributed by atoms with Crippen LogP contribution in [0.4, 0.5) is 57.1 Å². The number of rotatable bonds is 9. The van der Waals surface area contributed by atoms with Crippen LogP contribution in [0.1, 0.15) is 5.56 Å². The number of hydrogen-bond donors (Lipinski definition) is 0. The maximum atomic E-state index is 14.1. The van der Waals surface area contributed by atoms with E-state index in [1.54, 1.807) is 0 Å². The average molecular weight is 516 g/mol. The molecular formula is C15H13F13O3Si. The molecule has 0 amide bonds. The first-order valence-electron chi connectivity index (χ1n) is 7.87. The van der Waals surface area contributed by atoms with Crippen LogP contribution in [0, 0.1) is 0 Å². The summed E-state index contributed by atoms with van der Waals surface area (Å²) in [5.41, 5.74) is -2.11. The topological polar surface area (TPSA) is 27.7 Å². The second-order valence-electron chi connectivity index (χ2n) is 6.12. The van der Waals surface area contributed by atoms with Gasteiger partial charge in [-0.1, -0.05) is 24.3 Å². The van der Waals surface area contributed by atoms with E-state index in [1.807, 2.05) is 0 Å². The highest BCUT2D eigenvalue weighted by Gasteiger charge is 2.90. The molecule has 1 aromatic carbocycles. The van der Waals surface area contributed by atoms with E-state index < -0.39 is 50.2 Å². The summed E-state index contributed by atoms with van der Waals surface area (Å²) in [6, 6.07) is 1.11. The van der Waals surface area contributed by atoms with Crippen molar-refractivity contribution in [1.29, 1.82) is 0 Å². The lowest BCUT2D eigenvalue weighted by atomic mass is 9.90. The van der Waals surface area contributed by atoms with Gasteiger partial charge in [0, 0.05) is 32.1 Å². The van der Waals surface area contributed by atoms with Crippen molar-refractivity contribution in [3.63, 3.8) is 0 Å². The predicted octanol–water partition coefficient (Wildman–Crippen LogP) is 4.97. The maximum Gasteiger partial charge on any atom is 0.536 e. The van der Waals surface area contributed by atoms with Gasteiger partial charge in [0.1, 0.15) is 0 Å². The molecule has 0 radical (unpaired) electrons. The van der Waals surface area contributed by atoms with Gasteiger partial charge in [-0.05, 0) is 0 Å². The molecule has 3 nitrogen and oxygen atoms in total. The molecule has 0 heterocycles. The van der Waals surface area contributed by atoms with E-state index in [0.29, 0.717) is 12.1 Å². The largest absolute Gasteiger partial charge is 0.536 e. The first-order valence-corrected chi connectivity index (χ1v) is 9.59. The second-order valence-corrected chi connectivity index (χ2v) is 9.03. The molecule has 0 atom stereocenters. The lowest BCUT2D eigenvalue weighted by Gasteiger charge is -2.39.